The standard InChI is InChI=1S/C12H13ClFN3OS/c1-2-3-8(14)4-6-15-11-10-9(5-7-19(10)18)16-12(13)17-11/h2-4H,5-7H2,1H3,(H,15,16,17)/b3-2-,8-4+. The van der Waals surface area contributed by atoms with Gasteiger partial charge in [-0.1, -0.05) is 6.08 Å². The molecule has 0 radical (unpaired) electrons. The molecule has 0 amide bonds. The lowest BCUT2D eigenvalue weighted by molar-refractivity contribution is 0.663. The highest BCUT2D eigenvalue weighted by Gasteiger charge is 2.25. The third-order valence-electron chi connectivity index (χ3n) is 2.55. The number of fused-ring (bicyclic) bond motifs is 1. The number of allylic oxidation sites excluding steroid dienone is 3. The number of hydrogen-bond donors (Lipinski definition) is 1. The van der Waals surface area contributed by atoms with Crippen molar-refractivity contribution in [2.45, 2.75) is 18.2 Å². The van der Waals surface area contributed by atoms with Gasteiger partial charge in [-0.15, -0.1) is 0 Å². The van der Waals surface area contributed by atoms with Crippen LogP contribution in [0.1, 0.15) is 12.6 Å². The minimum absolute atomic E-state index is 0.109. The molecule has 0 aliphatic carbocycles. The second kappa shape index (κ2) is 6.25. The molecule has 0 spiro atoms. The Bertz CT molecular complexity index is 574. The van der Waals surface area contributed by atoms with Gasteiger partial charge in [0.05, 0.1) is 16.5 Å². The molecule has 7 heteroatoms. The average Bonchev–Trinajstić information content (AvgIpc) is 2.71. The van der Waals surface area contributed by atoms with Crippen LogP contribution in [0.25, 0.3) is 0 Å². The van der Waals surface area contributed by atoms with Gasteiger partial charge in [0, 0.05) is 18.7 Å². The summed E-state index contributed by atoms with van der Waals surface area (Å²) in [6.07, 6.45) is 4.97. The van der Waals surface area contributed by atoms with E-state index in [-0.39, 0.29) is 17.7 Å². The summed E-state index contributed by atoms with van der Waals surface area (Å²) in [5, 5.41) is 3.04. The van der Waals surface area contributed by atoms with E-state index in [9.17, 15) is 8.60 Å². The van der Waals surface area contributed by atoms with Crippen LogP contribution in [0.15, 0.2) is 29.0 Å². The van der Waals surface area contributed by atoms with E-state index in [1.807, 2.05) is 0 Å². The van der Waals surface area contributed by atoms with Crippen molar-refractivity contribution in [1.82, 2.24) is 9.97 Å². The number of aryl methyl sites for hydroxylation is 1. The molecular weight excluding hydrogens is 289 g/mol. The Morgan fingerprint density at radius 3 is 3.11 bits per heavy atom. The predicted octanol–water partition coefficient (Wildman–Crippen LogP) is 2.64. The normalized spacial score (nSPS) is 18.9. The lowest BCUT2D eigenvalue weighted by Gasteiger charge is -2.07. The highest BCUT2D eigenvalue weighted by molar-refractivity contribution is 7.85. The molecule has 0 saturated carbocycles. The van der Waals surface area contributed by atoms with E-state index in [0.29, 0.717) is 28.6 Å². The first-order valence-electron chi connectivity index (χ1n) is 5.79. The number of nitrogens with zero attached hydrogens (tertiary/aromatic N) is 2. The van der Waals surface area contributed by atoms with Crippen LogP contribution in [-0.4, -0.2) is 26.5 Å². The zero-order chi connectivity index (χ0) is 13.8. The van der Waals surface area contributed by atoms with E-state index >= 15 is 0 Å². The summed E-state index contributed by atoms with van der Waals surface area (Å²) in [6, 6.07) is 0. The fraction of sp³-hybridized carbons (Fsp3) is 0.333. The van der Waals surface area contributed by atoms with Gasteiger partial charge < -0.3 is 5.32 Å². The van der Waals surface area contributed by atoms with Gasteiger partial charge in [0.15, 0.2) is 0 Å². The number of anilines is 1. The number of halogens is 2. The molecule has 2 heterocycles. The number of hydrogen-bond acceptors (Lipinski definition) is 4. The molecule has 2 rings (SSSR count). The lowest BCUT2D eigenvalue weighted by Crippen LogP contribution is -2.07. The largest absolute Gasteiger partial charge is 0.365 e. The van der Waals surface area contributed by atoms with E-state index < -0.39 is 10.8 Å². The van der Waals surface area contributed by atoms with Gasteiger partial charge >= 0.3 is 0 Å². The first kappa shape index (κ1) is 14.1. The van der Waals surface area contributed by atoms with E-state index in [2.05, 4.69) is 15.3 Å². The van der Waals surface area contributed by atoms with Crippen molar-refractivity contribution in [2.75, 3.05) is 17.6 Å². The van der Waals surface area contributed by atoms with E-state index in [0.717, 1.165) is 0 Å². The summed E-state index contributed by atoms with van der Waals surface area (Å²) in [5.41, 5.74) is 0.707. The Morgan fingerprint density at radius 2 is 2.37 bits per heavy atom. The molecule has 1 aliphatic rings. The Labute approximate surface area is 118 Å². The first-order chi connectivity index (χ1) is 9.11. The third-order valence-corrected chi connectivity index (χ3v) is 4.18. The summed E-state index contributed by atoms with van der Waals surface area (Å²) in [5.74, 6) is 0.616. The minimum atomic E-state index is -1.11. The van der Waals surface area contributed by atoms with Crippen LogP contribution < -0.4 is 5.32 Å². The quantitative estimate of drug-likeness (QED) is 0.686. The molecule has 0 saturated heterocycles. The van der Waals surface area contributed by atoms with Crippen molar-refractivity contribution < 1.29 is 8.60 Å². The maximum atomic E-state index is 13.2. The summed E-state index contributed by atoms with van der Waals surface area (Å²) in [4.78, 5) is 8.66. The maximum absolute atomic E-state index is 13.2. The molecule has 19 heavy (non-hydrogen) atoms. The van der Waals surface area contributed by atoms with Gasteiger partial charge in [0.25, 0.3) is 0 Å². The molecule has 1 atom stereocenters. The van der Waals surface area contributed by atoms with E-state index in [1.165, 1.54) is 12.2 Å². The number of aromatic nitrogens is 2. The van der Waals surface area contributed by atoms with Crippen molar-refractivity contribution in [2.24, 2.45) is 0 Å². The Balaban J connectivity index is 2.17. The second-order valence-corrected chi connectivity index (χ2v) is 5.73. The van der Waals surface area contributed by atoms with Crippen molar-refractivity contribution in [3.8, 4) is 0 Å². The Hall–Kier alpha value is -1.27. The minimum Gasteiger partial charge on any atom is -0.365 e. The van der Waals surface area contributed by atoms with Gasteiger partial charge in [0.1, 0.15) is 16.5 Å². The summed E-state index contributed by atoms with van der Waals surface area (Å²) < 4.78 is 25.0. The van der Waals surface area contributed by atoms with Crippen LogP contribution in [0.5, 0.6) is 0 Å². The highest BCUT2D eigenvalue weighted by atomic mass is 35.5. The average molecular weight is 302 g/mol. The Kier molecular flexibility index (Phi) is 4.66. The van der Waals surface area contributed by atoms with Gasteiger partial charge in [-0.2, -0.15) is 4.98 Å². The van der Waals surface area contributed by atoms with Crippen molar-refractivity contribution in [3.05, 3.63) is 35.0 Å². The van der Waals surface area contributed by atoms with Crippen LogP contribution >= 0.6 is 11.6 Å². The van der Waals surface area contributed by atoms with Gasteiger partial charge in [-0.05, 0) is 30.7 Å². The fourth-order valence-electron chi connectivity index (χ4n) is 1.76. The molecule has 1 aromatic heterocycles. The monoisotopic (exact) mass is 301 g/mol. The van der Waals surface area contributed by atoms with Gasteiger partial charge in [-0.25, -0.2) is 9.37 Å². The third kappa shape index (κ3) is 3.39. The first-order valence-corrected chi connectivity index (χ1v) is 7.48. The highest BCUT2D eigenvalue weighted by Crippen LogP contribution is 2.28. The summed E-state index contributed by atoms with van der Waals surface area (Å²) >= 11 is 5.81. The second-order valence-electron chi connectivity index (χ2n) is 3.89. The topological polar surface area (TPSA) is 54.9 Å². The molecule has 102 valence electrons. The molecule has 4 nitrogen and oxygen atoms in total. The van der Waals surface area contributed by atoms with Crippen molar-refractivity contribution in [3.63, 3.8) is 0 Å². The van der Waals surface area contributed by atoms with Gasteiger partial charge in [0.2, 0.25) is 5.28 Å². The molecule has 0 fully saturated rings. The van der Waals surface area contributed by atoms with Crippen LogP contribution in [-0.2, 0) is 17.2 Å². The smallest absolute Gasteiger partial charge is 0.224 e. The zero-order valence-electron chi connectivity index (χ0n) is 10.3. The van der Waals surface area contributed by atoms with Gasteiger partial charge in [-0.3, -0.25) is 4.21 Å². The van der Waals surface area contributed by atoms with Crippen molar-refractivity contribution in [1.29, 1.82) is 0 Å². The fourth-order valence-corrected chi connectivity index (χ4v) is 3.27. The van der Waals surface area contributed by atoms with Crippen LogP contribution in [0.4, 0.5) is 10.2 Å². The van der Waals surface area contributed by atoms with Crippen LogP contribution in [0.2, 0.25) is 5.28 Å². The zero-order valence-corrected chi connectivity index (χ0v) is 11.9. The summed E-state index contributed by atoms with van der Waals surface area (Å²) in [7, 11) is -1.11. The summed E-state index contributed by atoms with van der Waals surface area (Å²) in [6.45, 7) is 1.98. The number of rotatable bonds is 4. The van der Waals surface area contributed by atoms with Crippen molar-refractivity contribution >= 4 is 28.2 Å². The maximum Gasteiger partial charge on any atom is 0.224 e. The van der Waals surface area contributed by atoms with E-state index in [1.54, 1.807) is 13.0 Å². The molecular formula is C12H13ClFN3OS. The van der Waals surface area contributed by atoms with Crippen LogP contribution in [0, 0.1) is 0 Å². The lowest BCUT2D eigenvalue weighted by atomic mass is 10.3. The molecule has 1 aliphatic heterocycles. The molecule has 1 N–H and O–H groups in total. The Morgan fingerprint density at radius 1 is 1.58 bits per heavy atom. The predicted molar refractivity (Wildman–Crippen MR) is 74.5 cm³/mol. The molecule has 1 unspecified atom stereocenters. The number of nitrogens with one attached hydrogen (secondary N) is 1. The van der Waals surface area contributed by atoms with E-state index in [4.69, 9.17) is 11.6 Å². The molecule has 0 aromatic carbocycles. The molecule has 1 aromatic rings. The SMILES string of the molecule is C/C=C\C(F)=C/CNc1nc(Cl)nc2c1S(=O)CC2. The van der Waals surface area contributed by atoms with Crippen LogP contribution in [0.3, 0.4) is 0 Å². The molecule has 0 bridgehead atoms.